The normalized spacial score (nSPS) is 13.1. The lowest BCUT2D eigenvalue weighted by Crippen LogP contribution is -2.29. The predicted molar refractivity (Wildman–Crippen MR) is 57.0 cm³/mol. The van der Waals surface area contributed by atoms with Crippen LogP contribution in [0.3, 0.4) is 0 Å². The molecule has 78 valence electrons. The molecular formula is C10H20ClNO. The van der Waals surface area contributed by atoms with Crippen LogP contribution in [-0.2, 0) is 4.79 Å². The minimum absolute atomic E-state index is 0.147. The van der Waals surface area contributed by atoms with Crippen LogP contribution in [0, 0.1) is 5.92 Å². The first-order chi connectivity index (χ1) is 5.93. The number of hydrogen-bond donors (Lipinski definition) is 0. The molecule has 0 aliphatic heterocycles. The van der Waals surface area contributed by atoms with Crippen molar-refractivity contribution >= 4 is 17.5 Å². The van der Waals surface area contributed by atoms with Crippen molar-refractivity contribution in [3.05, 3.63) is 0 Å². The van der Waals surface area contributed by atoms with Crippen molar-refractivity contribution in [2.24, 2.45) is 5.92 Å². The summed E-state index contributed by atoms with van der Waals surface area (Å²) >= 11 is 5.79. The second-order valence-electron chi connectivity index (χ2n) is 3.98. The molecule has 1 atom stereocenters. The highest BCUT2D eigenvalue weighted by Crippen LogP contribution is 2.05. The monoisotopic (exact) mass is 205 g/mol. The molecule has 0 aromatic rings. The number of halogens is 1. The van der Waals surface area contributed by atoms with Crippen LogP contribution in [0.4, 0.5) is 0 Å². The Morgan fingerprint density at radius 1 is 1.38 bits per heavy atom. The van der Waals surface area contributed by atoms with E-state index in [2.05, 4.69) is 13.8 Å². The van der Waals surface area contributed by atoms with Crippen LogP contribution < -0.4 is 0 Å². The number of hydrogen-bond acceptors (Lipinski definition) is 1. The Balaban J connectivity index is 3.69. The fourth-order valence-corrected chi connectivity index (χ4v) is 1.10. The summed E-state index contributed by atoms with van der Waals surface area (Å²) < 4.78 is 0. The molecule has 0 aromatic heterocycles. The number of nitrogens with zero attached hydrogens (tertiary/aromatic N) is 1. The van der Waals surface area contributed by atoms with Gasteiger partial charge in [0.1, 0.15) is 0 Å². The van der Waals surface area contributed by atoms with Crippen LogP contribution in [0.5, 0.6) is 0 Å². The molecule has 0 spiro atoms. The molecule has 3 heteroatoms. The highest BCUT2D eigenvalue weighted by molar-refractivity contribution is 6.20. The summed E-state index contributed by atoms with van der Waals surface area (Å²) in [7, 11) is 1.84. The number of carbonyl (C=O) groups excluding carboxylic acids is 1. The zero-order chi connectivity index (χ0) is 10.4. The van der Waals surface area contributed by atoms with Crippen molar-refractivity contribution in [3.63, 3.8) is 0 Å². The zero-order valence-corrected chi connectivity index (χ0v) is 9.77. The van der Waals surface area contributed by atoms with Crippen LogP contribution in [0.2, 0.25) is 0 Å². The van der Waals surface area contributed by atoms with Crippen LogP contribution in [-0.4, -0.2) is 29.8 Å². The number of amides is 1. The Bertz CT molecular complexity index is 157. The fraction of sp³-hybridized carbons (Fsp3) is 0.900. The van der Waals surface area contributed by atoms with E-state index in [-0.39, 0.29) is 11.3 Å². The summed E-state index contributed by atoms with van der Waals surface area (Å²) in [5.41, 5.74) is 0. The van der Waals surface area contributed by atoms with E-state index in [4.69, 9.17) is 11.6 Å². The maximum absolute atomic E-state index is 11.4. The third-order valence-corrected chi connectivity index (χ3v) is 2.09. The van der Waals surface area contributed by atoms with Gasteiger partial charge in [-0.05, 0) is 19.3 Å². The van der Waals surface area contributed by atoms with Crippen molar-refractivity contribution < 1.29 is 4.79 Å². The van der Waals surface area contributed by atoms with Gasteiger partial charge in [0.15, 0.2) is 0 Å². The van der Waals surface area contributed by atoms with E-state index >= 15 is 0 Å². The van der Waals surface area contributed by atoms with Crippen molar-refractivity contribution in [2.75, 3.05) is 13.6 Å². The summed E-state index contributed by atoms with van der Waals surface area (Å²) in [5, 5.41) is 0.147. The Morgan fingerprint density at radius 3 is 2.31 bits per heavy atom. The lowest BCUT2D eigenvalue weighted by molar-refractivity contribution is -0.130. The largest absolute Gasteiger partial charge is 0.346 e. The molecule has 0 rings (SSSR count). The predicted octanol–water partition coefficient (Wildman–Crippen LogP) is 2.51. The standard InChI is InChI=1S/C10H20ClNO/c1-8(2)7-10(13)12(4)6-5-9(3)11/h8-9H,5-7H2,1-4H3. The first-order valence-electron chi connectivity index (χ1n) is 4.81. The van der Waals surface area contributed by atoms with Gasteiger partial charge in [0.25, 0.3) is 0 Å². The van der Waals surface area contributed by atoms with Gasteiger partial charge >= 0.3 is 0 Å². The first-order valence-corrected chi connectivity index (χ1v) is 5.25. The van der Waals surface area contributed by atoms with Gasteiger partial charge in [-0.25, -0.2) is 0 Å². The second kappa shape index (κ2) is 6.25. The fourth-order valence-electron chi connectivity index (χ4n) is 1.00. The molecule has 2 nitrogen and oxygen atoms in total. The third kappa shape index (κ3) is 6.88. The molecule has 0 aromatic carbocycles. The molecule has 0 saturated heterocycles. The van der Waals surface area contributed by atoms with Gasteiger partial charge in [0.05, 0.1) is 0 Å². The lowest BCUT2D eigenvalue weighted by atomic mass is 10.1. The molecule has 0 fully saturated rings. The molecule has 0 N–H and O–H groups in total. The maximum Gasteiger partial charge on any atom is 0.222 e. The van der Waals surface area contributed by atoms with E-state index in [1.165, 1.54) is 0 Å². The Labute approximate surface area is 86.2 Å². The molecule has 0 saturated carbocycles. The molecule has 1 unspecified atom stereocenters. The molecule has 13 heavy (non-hydrogen) atoms. The van der Waals surface area contributed by atoms with E-state index in [1.807, 2.05) is 14.0 Å². The zero-order valence-electron chi connectivity index (χ0n) is 9.01. The summed E-state index contributed by atoms with van der Waals surface area (Å²) in [4.78, 5) is 13.2. The second-order valence-corrected chi connectivity index (χ2v) is 4.73. The van der Waals surface area contributed by atoms with E-state index in [1.54, 1.807) is 4.90 Å². The molecule has 0 aliphatic rings. The highest BCUT2D eigenvalue weighted by atomic mass is 35.5. The molecule has 0 aliphatic carbocycles. The SMILES string of the molecule is CC(C)CC(=O)N(C)CCC(C)Cl. The van der Waals surface area contributed by atoms with Gasteiger partial charge in [-0.1, -0.05) is 13.8 Å². The van der Waals surface area contributed by atoms with E-state index in [0.717, 1.165) is 13.0 Å². The Kier molecular flexibility index (Phi) is 6.13. The van der Waals surface area contributed by atoms with Crippen LogP contribution in [0.1, 0.15) is 33.6 Å². The van der Waals surface area contributed by atoms with Gasteiger partial charge in [0.2, 0.25) is 5.91 Å². The van der Waals surface area contributed by atoms with Gasteiger partial charge in [-0.2, -0.15) is 0 Å². The lowest BCUT2D eigenvalue weighted by Gasteiger charge is -2.18. The smallest absolute Gasteiger partial charge is 0.222 e. The Hall–Kier alpha value is -0.240. The Morgan fingerprint density at radius 2 is 1.92 bits per heavy atom. The minimum atomic E-state index is 0.147. The highest BCUT2D eigenvalue weighted by Gasteiger charge is 2.10. The van der Waals surface area contributed by atoms with Crippen molar-refractivity contribution in [2.45, 2.75) is 39.0 Å². The first kappa shape index (κ1) is 12.8. The average Bonchev–Trinajstić information content (AvgIpc) is 1.98. The molecule has 0 heterocycles. The molecule has 0 bridgehead atoms. The number of rotatable bonds is 5. The minimum Gasteiger partial charge on any atom is -0.346 e. The van der Waals surface area contributed by atoms with E-state index in [0.29, 0.717) is 12.3 Å². The van der Waals surface area contributed by atoms with E-state index < -0.39 is 0 Å². The van der Waals surface area contributed by atoms with Crippen molar-refractivity contribution in [3.8, 4) is 0 Å². The van der Waals surface area contributed by atoms with Crippen LogP contribution in [0.15, 0.2) is 0 Å². The van der Waals surface area contributed by atoms with Crippen LogP contribution in [0.25, 0.3) is 0 Å². The number of alkyl halides is 1. The third-order valence-electron chi connectivity index (χ3n) is 1.87. The van der Waals surface area contributed by atoms with Gasteiger partial charge in [-0.3, -0.25) is 4.79 Å². The van der Waals surface area contributed by atoms with Crippen molar-refractivity contribution in [1.29, 1.82) is 0 Å². The summed E-state index contributed by atoms with van der Waals surface area (Å²) in [6.07, 6.45) is 1.50. The van der Waals surface area contributed by atoms with Gasteiger partial charge < -0.3 is 4.90 Å². The molecule has 1 amide bonds. The van der Waals surface area contributed by atoms with Gasteiger partial charge in [0, 0.05) is 25.4 Å². The van der Waals surface area contributed by atoms with Gasteiger partial charge in [-0.15, -0.1) is 11.6 Å². The van der Waals surface area contributed by atoms with Crippen molar-refractivity contribution in [1.82, 2.24) is 4.90 Å². The van der Waals surface area contributed by atoms with Crippen LogP contribution >= 0.6 is 11.6 Å². The summed E-state index contributed by atoms with van der Waals surface area (Å²) in [6, 6.07) is 0. The quantitative estimate of drug-likeness (QED) is 0.632. The van der Waals surface area contributed by atoms with E-state index in [9.17, 15) is 4.79 Å². The maximum atomic E-state index is 11.4. The summed E-state index contributed by atoms with van der Waals surface area (Å²) in [5.74, 6) is 0.649. The molecular weight excluding hydrogens is 186 g/mol. The molecule has 0 radical (unpaired) electrons. The number of carbonyl (C=O) groups is 1. The average molecular weight is 206 g/mol. The summed E-state index contributed by atoms with van der Waals surface area (Å²) in [6.45, 7) is 6.81. The topological polar surface area (TPSA) is 20.3 Å².